The zero-order valence-electron chi connectivity index (χ0n) is 13.3. The summed E-state index contributed by atoms with van der Waals surface area (Å²) in [5.41, 5.74) is 1.94. The molecule has 0 bridgehead atoms. The topological polar surface area (TPSA) is 125 Å². The van der Waals surface area contributed by atoms with Gasteiger partial charge in [-0.1, -0.05) is 0 Å². The molecule has 9 heteroatoms. The molecule has 0 saturated carbocycles. The second-order valence-corrected chi connectivity index (χ2v) is 7.43. The molecule has 8 nitrogen and oxygen atoms in total. The number of amides is 1. The number of nitrogens with one attached hydrogen (secondary N) is 2. The fourth-order valence-corrected chi connectivity index (χ4v) is 3.51. The molecule has 0 spiro atoms. The van der Waals surface area contributed by atoms with Gasteiger partial charge in [-0.05, 0) is 38.3 Å². The van der Waals surface area contributed by atoms with E-state index in [2.05, 4.69) is 10.3 Å². The summed E-state index contributed by atoms with van der Waals surface area (Å²) in [7, 11) is -3.69. The number of nitrogens with two attached hydrogens (primary N) is 1. The minimum absolute atomic E-state index is 0.162. The number of carbonyl (C=O) groups is 1. The Hall–Kier alpha value is -1.71. The monoisotopic (exact) mass is 342 g/mol. The van der Waals surface area contributed by atoms with Crippen molar-refractivity contribution in [2.75, 3.05) is 13.1 Å². The molecule has 1 aliphatic heterocycles. The Bertz CT molecular complexity index is 749. The number of H-pyrrole nitrogens is 1. The second-order valence-electron chi connectivity index (χ2n) is 5.88. The van der Waals surface area contributed by atoms with Gasteiger partial charge in [-0.2, -0.15) is 12.7 Å². The number of nitrogens with zero attached hydrogens (tertiary/aromatic N) is 1. The van der Waals surface area contributed by atoms with E-state index in [4.69, 9.17) is 5.14 Å². The molecule has 1 aromatic rings. The van der Waals surface area contributed by atoms with Crippen LogP contribution in [0.15, 0.2) is 10.9 Å². The highest BCUT2D eigenvalue weighted by Crippen LogP contribution is 2.18. The van der Waals surface area contributed by atoms with Gasteiger partial charge >= 0.3 is 0 Å². The highest BCUT2D eigenvalue weighted by Gasteiger charge is 2.29. The van der Waals surface area contributed by atoms with E-state index in [1.807, 2.05) is 13.0 Å². The number of hydrogen-bond donors (Lipinski definition) is 3. The van der Waals surface area contributed by atoms with Crippen LogP contribution in [0.5, 0.6) is 0 Å². The molecule has 0 unspecified atom stereocenters. The summed E-state index contributed by atoms with van der Waals surface area (Å²) >= 11 is 0. The van der Waals surface area contributed by atoms with Gasteiger partial charge in [0.05, 0.1) is 0 Å². The summed E-state index contributed by atoms with van der Waals surface area (Å²) in [6.45, 7) is 4.27. The van der Waals surface area contributed by atoms with E-state index in [9.17, 15) is 18.0 Å². The van der Waals surface area contributed by atoms with Crippen molar-refractivity contribution in [3.63, 3.8) is 0 Å². The van der Waals surface area contributed by atoms with Gasteiger partial charge in [0.15, 0.2) is 0 Å². The van der Waals surface area contributed by atoms with Crippen LogP contribution in [0.3, 0.4) is 0 Å². The van der Waals surface area contributed by atoms with E-state index in [0.29, 0.717) is 18.4 Å². The molecule has 4 N–H and O–H groups in total. The first-order valence-electron chi connectivity index (χ1n) is 7.43. The summed E-state index contributed by atoms with van der Waals surface area (Å²) in [5.74, 6) is -0.434. The lowest BCUT2D eigenvalue weighted by atomic mass is 9.97. The third kappa shape index (κ3) is 4.40. The maximum absolute atomic E-state index is 12.2. The normalized spacial score (nSPS) is 17.2. The van der Waals surface area contributed by atoms with Crippen LogP contribution < -0.4 is 16.0 Å². The highest BCUT2D eigenvalue weighted by molar-refractivity contribution is 7.86. The Morgan fingerprint density at radius 2 is 2.00 bits per heavy atom. The van der Waals surface area contributed by atoms with Gasteiger partial charge in [0, 0.05) is 36.8 Å². The standard InChI is InChI=1S/C14H22N4O4S/c1-9-7-10(2)17-14(20)12(9)8-16-13(19)11-3-5-18(6-4-11)23(15,21)22/h7,11H,3-6,8H2,1-2H3,(H,16,19)(H,17,20)(H2,15,21,22). The van der Waals surface area contributed by atoms with E-state index in [-0.39, 0.29) is 37.0 Å². The van der Waals surface area contributed by atoms with Crippen LogP contribution in [0.1, 0.15) is 29.7 Å². The average molecular weight is 342 g/mol. The number of pyridine rings is 1. The molecule has 1 aromatic heterocycles. The van der Waals surface area contributed by atoms with Crippen LogP contribution in [-0.2, 0) is 21.5 Å². The SMILES string of the molecule is Cc1cc(C)c(CNC(=O)C2CCN(S(N)(=O)=O)CC2)c(=O)[nH]1. The van der Waals surface area contributed by atoms with E-state index in [1.165, 1.54) is 4.31 Å². The molecule has 1 fully saturated rings. The van der Waals surface area contributed by atoms with Crippen molar-refractivity contribution in [1.82, 2.24) is 14.6 Å². The van der Waals surface area contributed by atoms with Crippen molar-refractivity contribution in [3.8, 4) is 0 Å². The number of rotatable bonds is 4. The lowest BCUT2D eigenvalue weighted by Gasteiger charge is -2.29. The van der Waals surface area contributed by atoms with Gasteiger partial charge < -0.3 is 10.3 Å². The van der Waals surface area contributed by atoms with Crippen LogP contribution in [-0.4, -0.2) is 36.7 Å². The molecule has 0 aliphatic carbocycles. The van der Waals surface area contributed by atoms with Crippen LogP contribution in [0, 0.1) is 19.8 Å². The lowest BCUT2D eigenvalue weighted by Crippen LogP contribution is -2.45. The Morgan fingerprint density at radius 3 is 2.52 bits per heavy atom. The van der Waals surface area contributed by atoms with Gasteiger partial charge in [-0.25, -0.2) is 5.14 Å². The molecule has 1 aliphatic rings. The van der Waals surface area contributed by atoms with Gasteiger partial charge in [-0.15, -0.1) is 0 Å². The molecular formula is C14H22N4O4S. The molecular weight excluding hydrogens is 320 g/mol. The predicted octanol–water partition coefficient (Wildman–Crippen LogP) is -0.477. The van der Waals surface area contributed by atoms with Crippen molar-refractivity contribution in [1.29, 1.82) is 0 Å². The highest BCUT2D eigenvalue weighted by atomic mass is 32.2. The number of aromatic amines is 1. The number of aromatic nitrogens is 1. The molecule has 23 heavy (non-hydrogen) atoms. The van der Waals surface area contributed by atoms with Gasteiger partial charge in [0.25, 0.3) is 15.8 Å². The zero-order chi connectivity index (χ0) is 17.2. The fourth-order valence-electron chi connectivity index (χ4n) is 2.79. The first kappa shape index (κ1) is 17.6. The summed E-state index contributed by atoms with van der Waals surface area (Å²) in [4.78, 5) is 26.8. The number of piperidine rings is 1. The Labute approximate surface area is 135 Å². The average Bonchev–Trinajstić information content (AvgIpc) is 2.45. The molecule has 128 valence electrons. The number of hydrogen-bond acceptors (Lipinski definition) is 4. The van der Waals surface area contributed by atoms with Crippen molar-refractivity contribution in [3.05, 3.63) is 33.2 Å². The first-order chi connectivity index (χ1) is 10.7. The number of carbonyl (C=O) groups excluding carboxylic acids is 1. The maximum Gasteiger partial charge on any atom is 0.276 e. The second kappa shape index (κ2) is 6.81. The van der Waals surface area contributed by atoms with Gasteiger partial charge in [0.2, 0.25) is 5.91 Å². The lowest BCUT2D eigenvalue weighted by molar-refractivity contribution is -0.126. The smallest absolute Gasteiger partial charge is 0.276 e. The molecule has 0 radical (unpaired) electrons. The Balaban J connectivity index is 1.93. The molecule has 0 aromatic carbocycles. The van der Waals surface area contributed by atoms with E-state index >= 15 is 0 Å². The molecule has 1 amide bonds. The summed E-state index contributed by atoms with van der Waals surface area (Å²) in [6, 6.07) is 1.85. The van der Waals surface area contributed by atoms with E-state index < -0.39 is 10.2 Å². The maximum atomic E-state index is 12.2. The summed E-state index contributed by atoms with van der Waals surface area (Å²) in [6.07, 6.45) is 0.844. The number of aryl methyl sites for hydroxylation is 2. The minimum Gasteiger partial charge on any atom is -0.352 e. The first-order valence-corrected chi connectivity index (χ1v) is 8.94. The van der Waals surface area contributed by atoms with Crippen LogP contribution in [0.25, 0.3) is 0 Å². The fraction of sp³-hybridized carbons (Fsp3) is 0.571. The van der Waals surface area contributed by atoms with Crippen LogP contribution in [0.4, 0.5) is 0 Å². The van der Waals surface area contributed by atoms with Gasteiger partial charge in [0.1, 0.15) is 0 Å². The van der Waals surface area contributed by atoms with Crippen molar-refractivity contribution in [2.45, 2.75) is 33.2 Å². The minimum atomic E-state index is -3.69. The van der Waals surface area contributed by atoms with Crippen LogP contribution in [0.2, 0.25) is 0 Å². The van der Waals surface area contributed by atoms with Crippen LogP contribution >= 0.6 is 0 Å². The molecule has 2 rings (SSSR count). The van der Waals surface area contributed by atoms with Gasteiger partial charge in [-0.3, -0.25) is 9.59 Å². The van der Waals surface area contributed by atoms with E-state index in [0.717, 1.165) is 11.3 Å². The third-order valence-electron chi connectivity index (χ3n) is 4.12. The molecule has 0 atom stereocenters. The Morgan fingerprint density at radius 1 is 1.39 bits per heavy atom. The van der Waals surface area contributed by atoms with Crippen molar-refractivity contribution < 1.29 is 13.2 Å². The Kier molecular flexibility index (Phi) is 5.23. The predicted molar refractivity (Wildman–Crippen MR) is 85.8 cm³/mol. The third-order valence-corrected chi connectivity index (χ3v) is 5.20. The molecule has 1 saturated heterocycles. The summed E-state index contributed by atoms with van der Waals surface area (Å²) in [5, 5.41) is 7.84. The largest absolute Gasteiger partial charge is 0.352 e. The zero-order valence-corrected chi connectivity index (χ0v) is 14.1. The summed E-state index contributed by atoms with van der Waals surface area (Å²) < 4.78 is 23.7. The van der Waals surface area contributed by atoms with E-state index in [1.54, 1.807) is 6.92 Å². The quantitative estimate of drug-likeness (QED) is 0.683. The van der Waals surface area contributed by atoms with Crippen molar-refractivity contribution >= 4 is 16.1 Å². The van der Waals surface area contributed by atoms with Crippen molar-refractivity contribution in [2.24, 2.45) is 11.1 Å². The molecule has 2 heterocycles.